The first kappa shape index (κ1) is 16.2. The first-order valence-electron chi connectivity index (χ1n) is 6.87. The Balaban J connectivity index is 2.00. The van der Waals surface area contributed by atoms with E-state index in [1.165, 1.54) is 12.8 Å². The number of hydrogen-bond donors (Lipinski definition) is 2. The zero-order valence-electron chi connectivity index (χ0n) is 11.8. The lowest BCUT2D eigenvalue weighted by molar-refractivity contribution is 0.0928. The molecule has 2 rings (SSSR count). The Bertz CT molecular complexity index is 505. The summed E-state index contributed by atoms with van der Waals surface area (Å²) in [6.45, 7) is 6.24. The molecule has 1 aromatic rings. The molecule has 0 spiro atoms. The number of benzene rings is 1. The number of rotatable bonds is 3. The highest BCUT2D eigenvalue weighted by atomic mass is 127. The van der Waals surface area contributed by atoms with Crippen LogP contribution >= 0.6 is 38.5 Å². The summed E-state index contributed by atoms with van der Waals surface area (Å²) < 4.78 is 1.90. The average molecular weight is 451 g/mol. The first-order chi connectivity index (χ1) is 9.40. The molecule has 1 unspecified atom stereocenters. The van der Waals surface area contributed by atoms with E-state index in [2.05, 4.69) is 63.0 Å². The molecule has 20 heavy (non-hydrogen) atoms. The van der Waals surface area contributed by atoms with Gasteiger partial charge in [0, 0.05) is 20.6 Å². The lowest BCUT2D eigenvalue weighted by Gasteiger charge is -2.39. The van der Waals surface area contributed by atoms with Crippen molar-refractivity contribution in [1.29, 1.82) is 0 Å². The van der Waals surface area contributed by atoms with Crippen molar-refractivity contribution in [3.05, 3.63) is 31.8 Å². The van der Waals surface area contributed by atoms with Gasteiger partial charge in [0.2, 0.25) is 0 Å². The highest BCUT2D eigenvalue weighted by molar-refractivity contribution is 14.1. The van der Waals surface area contributed by atoms with Crippen molar-refractivity contribution in [2.75, 3.05) is 13.1 Å². The molecule has 1 aliphatic heterocycles. The molecule has 2 N–H and O–H groups in total. The lowest BCUT2D eigenvalue weighted by Crippen LogP contribution is -2.52. The third-order valence-electron chi connectivity index (χ3n) is 3.97. The summed E-state index contributed by atoms with van der Waals surface area (Å²) in [7, 11) is 0. The largest absolute Gasteiger partial charge is 0.350 e. The third kappa shape index (κ3) is 3.95. The van der Waals surface area contributed by atoms with Gasteiger partial charge in [0.1, 0.15) is 0 Å². The van der Waals surface area contributed by atoms with Gasteiger partial charge in [-0.1, -0.05) is 29.8 Å². The summed E-state index contributed by atoms with van der Waals surface area (Å²) in [5.41, 5.74) is 0.962. The van der Waals surface area contributed by atoms with E-state index < -0.39 is 0 Å². The number of amides is 1. The van der Waals surface area contributed by atoms with E-state index >= 15 is 0 Å². The molecule has 110 valence electrons. The Labute approximate surface area is 142 Å². The predicted molar refractivity (Wildman–Crippen MR) is 94.0 cm³/mol. The molecule has 0 saturated carbocycles. The smallest absolute Gasteiger partial charge is 0.252 e. The highest BCUT2D eigenvalue weighted by Gasteiger charge is 2.32. The number of halogens is 2. The van der Waals surface area contributed by atoms with Crippen LogP contribution in [0, 0.1) is 8.99 Å². The van der Waals surface area contributed by atoms with Gasteiger partial charge in [-0.2, -0.15) is 0 Å². The fourth-order valence-corrected chi connectivity index (χ4v) is 3.52. The Morgan fingerprint density at radius 1 is 1.55 bits per heavy atom. The molecule has 5 heteroatoms. The second-order valence-electron chi connectivity index (χ2n) is 5.93. The van der Waals surface area contributed by atoms with E-state index in [1.54, 1.807) is 0 Å². The van der Waals surface area contributed by atoms with Crippen LogP contribution in [0.15, 0.2) is 22.7 Å². The van der Waals surface area contributed by atoms with Gasteiger partial charge in [-0.05, 0) is 65.6 Å². The van der Waals surface area contributed by atoms with Gasteiger partial charge in [-0.3, -0.25) is 4.79 Å². The fraction of sp³-hybridized carbons (Fsp3) is 0.533. The van der Waals surface area contributed by atoms with Crippen molar-refractivity contribution in [1.82, 2.24) is 10.6 Å². The zero-order chi connectivity index (χ0) is 14.8. The minimum Gasteiger partial charge on any atom is -0.350 e. The van der Waals surface area contributed by atoms with Gasteiger partial charge < -0.3 is 10.6 Å². The lowest BCUT2D eigenvalue weighted by atomic mass is 9.77. The molecule has 0 aromatic heterocycles. The Kier molecular flexibility index (Phi) is 5.48. The van der Waals surface area contributed by atoms with Crippen molar-refractivity contribution in [2.24, 2.45) is 5.41 Å². The summed E-state index contributed by atoms with van der Waals surface area (Å²) in [5.74, 6) is -0.00104. The van der Waals surface area contributed by atoms with Gasteiger partial charge >= 0.3 is 0 Å². The van der Waals surface area contributed by atoms with Crippen LogP contribution in [0.2, 0.25) is 0 Å². The highest BCUT2D eigenvalue weighted by Crippen LogP contribution is 2.29. The van der Waals surface area contributed by atoms with Crippen LogP contribution in [0.5, 0.6) is 0 Å². The maximum Gasteiger partial charge on any atom is 0.252 e. The van der Waals surface area contributed by atoms with Crippen molar-refractivity contribution in [2.45, 2.75) is 32.7 Å². The van der Waals surface area contributed by atoms with Crippen molar-refractivity contribution >= 4 is 44.4 Å². The monoisotopic (exact) mass is 450 g/mol. The fourth-order valence-electron chi connectivity index (χ4n) is 2.58. The zero-order valence-corrected chi connectivity index (χ0v) is 15.5. The molecular formula is C15H20BrIN2O. The van der Waals surface area contributed by atoms with Crippen LogP contribution in [0.1, 0.15) is 37.0 Å². The number of piperidine rings is 1. The number of hydrogen-bond acceptors (Lipinski definition) is 2. The molecule has 3 nitrogen and oxygen atoms in total. The second kappa shape index (κ2) is 6.75. The van der Waals surface area contributed by atoms with Crippen LogP contribution in [0.3, 0.4) is 0 Å². The van der Waals surface area contributed by atoms with Crippen LogP contribution in [0.25, 0.3) is 0 Å². The molecule has 0 radical (unpaired) electrons. The minimum absolute atomic E-state index is 0.00104. The van der Waals surface area contributed by atoms with E-state index in [9.17, 15) is 4.79 Å². The van der Waals surface area contributed by atoms with Crippen molar-refractivity contribution < 1.29 is 4.79 Å². The maximum absolute atomic E-state index is 12.3. The first-order valence-corrected chi connectivity index (χ1v) is 8.74. The van der Waals surface area contributed by atoms with Gasteiger partial charge in [-0.25, -0.2) is 0 Å². The SMILES string of the molecule is CC1(C)CCCNC1CNC(=O)c1cc(Br)ccc1I. The van der Waals surface area contributed by atoms with Crippen LogP contribution < -0.4 is 10.6 Å². The second-order valence-corrected chi connectivity index (χ2v) is 8.01. The number of carbonyl (C=O) groups excluding carboxylic acids is 1. The maximum atomic E-state index is 12.3. The van der Waals surface area contributed by atoms with Crippen molar-refractivity contribution in [3.63, 3.8) is 0 Å². The topological polar surface area (TPSA) is 41.1 Å². The molecule has 1 heterocycles. The Morgan fingerprint density at radius 2 is 2.30 bits per heavy atom. The summed E-state index contributed by atoms with van der Waals surface area (Å²) in [6.07, 6.45) is 2.41. The van der Waals surface area contributed by atoms with Crippen LogP contribution in [0.4, 0.5) is 0 Å². The summed E-state index contributed by atoms with van der Waals surface area (Å²) in [4.78, 5) is 12.3. The van der Waals surface area contributed by atoms with Gasteiger partial charge in [0.25, 0.3) is 5.91 Å². The number of nitrogens with one attached hydrogen (secondary N) is 2. The van der Waals surface area contributed by atoms with E-state index in [4.69, 9.17) is 0 Å². The quantitative estimate of drug-likeness (QED) is 0.691. The van der Waals surface area contributed by atoms with Gasteiger partial charge in [0.05, 0.1) is 5.56 Å². The molecule has 0 aliphatic carbocycles. The Hall–Kier alpha value is -0.140. The Morgan fingerprint density at radius 3 is 3.00 bits per heavy atom. The van der Waals surface area contributed by atoms with E-state index in [0.717, 1.165) is 20.2 Å². The number of carbonyl (C=O) groups is 1. The average Bonchev–Trinajstić information content (AvgIpc) is 2.39. The molecule has 0 bridgehead atoms. The van der Waals surface area contributed by atoms with E-state index in [0.29, 0.717) is 12.6 Å². The molecule has 1 amide bonds. The summed E-state index contributed by atoms with van der Waals surface area (Å²) >= 11 is 5.61. The molecular weight excluding hydrogens is 431 g/mol. The molecule has 1 atom stereocenters. The summed E-state index contributed by atoms with van der Waals surface area (Å²) in [5, 5.41) is 6.58. The van der Waals surface area contributed by atoms with E-state index in [-0.39, 0.29) is 11.3 Å². The minimum atomic E-state index is -0.00104. The third-order valence-corrected chi connectivity index (χ3v) is 5.41. The van der Waals surface area contributed by atoms with Crippen LogP contribution in [-0.2, 0) is 0 Å². The van der Waals surface area contributed by atoms with Crippen LogP contribution in [-0.4, -0.2) is 25.0 Å². The molecule has 1 saturated heterocycles. The molecule has 1 aliphatic rings. The van der Waals surface area contributed by atoms with Gasteiger partial charge in [0.15, 0.2) is 0 Å². The predicted octanol–water partition coefficient (Wildman–Crippen LogP) is 3.56. The summed E-state index contributed by atoms with van der Waals surface area (Å²) in [6, 6.07) is 6.11. The molecule has 1 fully saturated rings. The van der Waals surface area contributed by atoms with Gasteiger partial charge in [-0.15, -0.1) is 0 Å². The van der Waals surface area contributed by atoms with Crippen molar-refractivity contribution in [3.8, 4) is 0 Å². The molecule has 1 aromatic carbocycles. The normalized spacial score (nSPS) is 21.5. The standard InChI is InChI=1S/C15H20BrIN2O/c1-15(2)6-3-7-18-13(15)9-19-14(20)11-8-10(16)4-5-12(11)17/h4-5,8,13,18H,3,6-7,9H2,1-2H3,(H,19,20). The van der Waals surface area contributed by atoms with E-state index in [1.807, 2.05) is 18.2 Å².